The van der Waals surface area contributed by atoms with E-state index in [4.69, 9.17) is 0 Å². The lowest BCUT2D eigenvalue weighted by atomic mass is 10.0. The average Bonchev–Trinajstić information content (AvgIpc) is 3.15. The van der Waals surface area contributed by atoms with E-state index in [0.29, 0.717) is 0 Å². The van der Waals surface area contributed by atoms with Gasteiger partial charge in [0.05, 0.1) is 19.1 Å². The van der Waals surface area contributed by atoms with E-state index in [9.17, 15) is 9.59 Å². The Balaban J connectivity index is 1.52. The third-order valence-electron chi connectivity index (χ3n) is 4.93. The Kier molecular flexibility index (Phi) is 5.89. The third-order valence-corrected chi connectivity index (χ3v) is 4.93. The van der Waals surface area contributed by atoms with Crippen molar-refractivity contribution in [3.63, 3.8) is 0 Å². The molecule has 0 unspecified atom stereocenters. The van der Waals surface area contributed by atoms with Crippen molar-refractivity contribution in [3.05, 3.63) is 48.0 Å². The maximum Gasteiger partial charge on any atom is 0.236 e. The van der Waals surface area contributed by atoms with E-state index in [1.165, 1.54) is 10.8 Å². The number of hydrogen-bond donors (Lipinski definition) is 1. The van der Waals surface area contributed by atoms with Crippen LogP contribution >= 0.6 is 0 Å². The van der Waals surface area contributed by atoms with E-state index in [1.54, 1.807) is 4.90 Å². The molecule has 0 radical (unpaired) electrons. The number of benzene rings is 2. The molecule has 2 aromatic rings. The normalized spacial score (nSPS) is 15.4. The number of nitrogens with zero attached hydrogens (tertiary/aromatic N) is 2. The van der Waals surface area contributed by atoms with Crippen LogP contribution in [0.2, 0.25) is 0 Å². The summed E-state index contributed by atoms with van der Waals surface area (Å²) in [6, 6.07) is 14.4. The fourth-order valence-corrected chi connectivity index (χ4v) is 3.45. The van der Waals surface area contributed by atoms with Crippen molar-refractivity contribution in [2.24, 2.45) is 0 Å². The molecule has 3 rings (SSSR count). The first-order chi connectivity index (χ1) is 12.5. The highest BCUT2D eigenvalue weighted by Gasteiger charge is 2.20. The molecule has 1 fully saturated rings. The van der Waals surface area contributed by atoms with Gasteiger partial charge in [-0.1, -0.05) is 36.4 Å². The van der Waals surface area contributed by atoms with Gasteiger partial charge in [0.15, 0.2) is 0 Å². The largest absolute Gasteiger partial charge is 0.348 e. The minimum Gasteiger partial charge on any atom is -0.348 e. The van der Waals surface area contributed by atoms with Gasteiger partial charge in [-0.05, 0) is 49.2 Å². The standard InChI is InChI=1S/C21H27N3O2/c1-16(18-10-9-17-7-3-4-8-19(17)13-18)22-20(25)14-23(2)15-21(26)24-11-5-6-12-24/h3-4,7-10,13,16H,5-6,11-12,14-15H2,1-2H3,(H,22,25)/t16-/m0/s1. The summed E-state index contributed by atoms with van der Waals surface area (Å²) in [5.41, 5.74) is 1.08. The second-order valence-corrected chi connectivity index (χ2v) is 7.16. The van der Waals surface area contributed by atoms with Gasteiger partial charge in [0.25, 0.3) is 0 Å². The van der Waals surface area contributed by atoms with Crippen molar-refractivity contribution in [1.82, 2.24) is 15.1 Å². The highest BCUT2D eigenvalue weighted by molar-refractivity contribution is 5.84. The summed E-state index contributed by atoms with van der Waals surface area (Å²) >= 11 is 0. The van der Waals surface area contributed by atoms with Gasteiger partial charge in [0.1, 0.15) is 0 Å². The molecule has 1 N–H and O–H groups in total. The number of likely N-dealkylation sites (N-methyl/N-ethyl adjacent to an activating group) is 1. The number of amides is 2. The van der Waals surface area contributed by atoms with E-state index >= 15 is 0 Å². The van der Waals surface area contributed by atoms with Gasteiger partial charge in [-0.25, -0.2) is 0 Å². The summed E-state index contributed by atoms with van der Waals surface area (Å²) in [5.74, 6) is 0.0442. The van der Waals surface area contributed by atoms with Crippen molar-refractivity contribution >= 4 is 22.6 Å². The summed E-state index contributed by atoms with van der Waals surface area (Å²) in [7, 11) is 1.81. The topological polar surface area (TPSA) is 52.7 Å². The number of hydrogen-bond acceptors (Lipinski definition) is 3. The summed E-state index contributed by atoms with van der Waals surface area (Å²) in [5, 5.41) is 5.38. The van der Waals surface area contributed by atoms with E-state index < -0.39 is 0 Å². The average molecular weight is 353 g/mol. The summed E-state index contributed by atoms with van der Waals surface area (Å²) in [6.07, 6.45) is 2.17. The zero-order valence-corrected chi connectivity index (χ0v) is 15.6. The number of nitrogens with one attached hydrogen (secondary N) is 1. The maximum absolute atomic E-state index is 12.3. The molecule has 5 heteroatoms. The van der Waals surface area contributed by atoms with Gasteiger partial charge in [-0.15, -0.1) is 0 Å². The van der Waals surface area contributed by atoms with Crippen LogP contribution in [0.25, 0.3) is 10.8 Å². The number of carbonyl (C=O) groups excluding carboxylic acids is 2. The molecule has 2 amide bonds. The quantitative estimate of drug-likeness (QED) is 0.868. The lowest BCUT2D eigenvalue weighted by Crippen LogP contribution is -2.42. The molecular formula is C21H27N3O2. The molecular weight excluding hydrogens is 326 g/mol. The van der Waals surface area contributed by atoms with Crippen molar-refractivity contribution in [2.75, 3.05) is 33.2 Å². The third kappa shape index (κ3) is 4.61. The zero-order chi connectivity index (χ0) is 18.5. The van der Waals surface area contributed by atoms with Crippen molar-refractivity contribution in [2.45, 2.75) is 25.8 Å². The van der Waals surface area contributed by atoms with Crippen LogP contribution in [0.3, 0.4) is 0 Å². The zero-order valence-electron chi connectivity index (χ0n) is 15.6. The Bertz CT molecular complexity index is 784. The molecule has 1 saturated heterocycles. The SMILES string of the molecule is C[C@H](NC(=O)CN(C)CC(=O)N1CCCC1)c1ccc2ccccc2c1. The molecule has 26 heavy (non-hydrogen) atoms. The van der Waals surface area contributed by atoms with Gasteiger partial charge >= 0.3 is 0 Å². The first-order valence-corrected chi connectivity index (χ1v) is 9.27. The molecule has 1 atom stereocenters. The second kappa shape index (κ2) is 8.32. The predicted molar refractivity (Wildman–Crippen MR) is 104 cm³/mol. The number of likely N-dealkylation sites (tertiary alicyclic amines) is 1. The Morgan fingerprint density at radius 2 is 1.77 bits per heavy atom. The Morgan fingerprint density at radius 3 is 2.50 bits per heavy atom. The van der Waals surface area contributed by atoms with Gasteiger partial charge in [-0.2, -0.15) is 0 Å². The van der Waals surface area contributed by atoms with Crippen LogP contribution in [0.5, 0.6) is 0 Å². The van der Waals surface area contributed by atoms with Crippen LogP contribution in [0, 0.1) is 0 Å². The highest BCUT2D eigenvalue weighted by atomic mass is 16.2. The monoisotopic (exact) mass is 353 g/mol. The molecule has 2 aromatic carbocycles. The van der Waals surface area contributed by atoms with Gasteiger partial charge < -0.3 is 10.2 Å². The minimum absolute atomic E-state index is 0.0672. The van der Waals surface area contributed by atoms with Gasteiger partial charge in [-0.3, -0.25) is 14.5 Å². The maximum atomic E-state index is 12.3. The lowest BCUT2D eigenvalue weighted by molar-refractivity contribution is -0.131. The molecule has 0 aliphatic carbocycles. The van der Waals surface area contributed by atoms with E-state index in [2.05, 4.69) is 29.6 Å². The molecule has 138 valence electrons. The molecule has 1 aliphatic heterocycles. The highest BCUT2D eigenvalue weighted by Crippen LogP contribution is 2.20. The predicted octanol–water partition coefficient (Wildman–Crippen LogP) is 2.57. The van der Waals surface area contributed by atoms with Crippen LogP contribution < -0.4 is 5.32 Å². The van der Waals surface area contributed by atoms with Crippen LogP contribution in [0.1, 0.15) is 31.4 Å². The van der Waals surface area contributed by atoms with Crippen LogP contribution in [-0.2, 0) is 9.59 Å². The second-order valence-electron chi connectivity index (χ2n) is 7.16. The molecule has 0 bridgehead atoms. The van der Waals surface area contributed by atoms with E-state index in [-0.39, 0.29) is 30.9 Å². The van der Waals surface area contributed by atoms with Crippen molar-refractivity contribution in [1.29, 1.82) is 0 Å². The first-order valence-electron chi connectivity index (χ1n) is 9.27. The van der Waals surface area contributed by atoms with Crippen LogP contribution in [-0.4, -0.2) is 54.8 Å². The Morgan fingerprint density at radius 1 is 1.08 bits per heavy atom. The fourth-order valence-electron chi connectivity index (χ4n) is 3.45. The summed E-state index contributed by atoms with van der Waals surface area (Å²) in [4.78, 5) is 28.1. The number of rotatable bonds is 6. The molecule has 1 heterocycles. The van der Waals surface area contributed by atoms with Crippen LogP contribution in [0.15, 0.2) is 42.5 Å². The number of carbonyl (C=O) groups is 2. The first kappa shape index (κ1) is 18.4. The Labute approximate surface area is 155 Å². The van der Waals surface area contributed by atoms with Crippen LogP contribution in [0.4, 0.5) is 0 Å². The molecule has 0 saturated carbocycles. The van der Waals surface area contributed by atoms with Gasteiger partial charge in [0, 0.05) is 13.1 Å². The lowest BCUT2D eigenvalue weighted by Gasteiger charge is -2.22. The molecule has 1 aliphatic rings. The van der Waals surface area contributed by atoms with Crippen molar-refractivity contribution in [3.8, 4) is 0 Å². The van der Waals surface area contributed by atoms with E-state index in [0.717, 1.165) is 31.5 Å². The van der Waals surface area contributed by atoms with E-state index in [1.807, 2.05) is 37.1 Å². The van der Waals surface area contributed by atoms with Gasteiger partial charge in [0.2, 0.25) is 11.8 Å². The summed E-state index contributed by atoms with van der Waals surface area (Å²) in [6.45, 7) is 4.18. The fraction of sp³-hybridized carbons (Fsp3) is 0.429. The molecule has 0 aromatic heterocycles. The minimum atomic E-state index is -0.0743. The molecule has 0 spiro atoms. The van der Waals surface area contributed by atoms with Crippen molar-refractivity contribution < 1.29 is 9.59 Å². The smallest absolute Gasteiger partial charge is 0.236 e. The Hall–Kier alpha value is -2.40. The summed E-state index contributed by atoms with van der Waals surface area (Å²) < 4.78 is 0. The molecule has 5 nitrogen and oxygen atoms in total. The number of fused-ring (bicyclic) bond motifs is 1.